The minimum absolute atomic E-state index is 0.711. The lowest BCUT2D eigenvalue weighted by atomic mass is 10.2. The summed E-state index contributed by atoms with van der Waals surface area (Å²) in [7, 11) is 0. The lowest BCUT2D eigenvalue weighted by Gasteiger charge is -2.02. The van der Waals surface area contributed by atoms with Crippen molar-refractivity contribution in [3.05, 3.63) is 36.2 Å². The summed E-state index contributed by atoms with van der Waals surface area (Å²) >= 11 is 0. The molecular weight excluding hydrogens is 162 g/mol. The Morgan fingerprint density at radius 3 is 2.92 bits per heavy atom. The lowest BCUT2D eigenvalue weighted by Crippen LogP contribution is -1.94. The Hall–Kier alpha value is -1.77. The third kappa shape index (κ3) is 1.40. The predicted molar refractivity (Wildman–Crippen MR) is 53.2 cm³/mol. The number of hydrogen-bond acceptors (Lipinski definition) is 2. The van der Waals surface area contributed by atoms with Gasteiger partial charge in [0.15, 0.2) is 0 Å². The Balaban J connectivity index is 2.53. The summed E-state index contributed by atoms with van der Waals surface area (Å²) in [4.78, 5) is 7.34. The fraction of sp³-hybridized carbons (Fsp3) is 0.100. The van der Waals surface area contributed by atoms with Crippen molar-refractivity contribution in [2.24, 2.45) is 0 Å². The van der Waals surface area contributed by atoms with E-state index in [-0.39, 0.29) is 0 Å². The van der Waals surface area contributed by atoms with E-state index in [1.807, 2.05) is 37.5 Å². The van der Waals surface area contributed by atoms with Gasteiger partial charge in [-0.2, -0.15) is 0 Å². The van der Waals surface area contributed by atoms with Crippen molar-refractivity contribution in [1.29, 1.82) is 0 Å². The first-order chi connectivity index (χ1) is 6.27. The zero-order chi connectivity index (χ0) is 9.26. The summed E-state index contributed by atoms with van der Waals surface area (Å²) in [5.74, 6) is 0. The molecular formula is C10H11N3. The first-order valence-corrected chi connectivity index (χ1v) is 4.13. The van der Waals surface area contributed by atoms with Crippen LogP contribution in [0.3, 0.4) is 0 Å². The average molecular weight is 173 g/mol. The number of nitrogens with one attached hydrogen (secondary N) is 1. The van der Waals surface area contributed by atoms with Crippen LogP contribution in [0.1, 0.15) is 5.56 Å². The first kappa shape index (κ1) is 7.86. The Bertz CT molecular complexity index is 404. The van der Waals surface area contributed by atoms with E-state index in [0.717, 1.165) is 17.0 Å². The van der Waals surface area contributed by atoms with Crippen molar-refractivity contribution in [2.75, 3.05) is 5.73 Å². The van der Waals surface area contributed by atoms with Crippen LogP contribution in [0.5, 0.6) is 0 Å². The SMILES string of the molecule is Cc1cnc(-c2ccc[nH]2)c(N)c1. The zero-order valence-corrected chi connectivity index (χ0v) is 7.41. The molecule has 0 atom stereocenters. The molecule has 2 heterocycles. The van der Waals surface area contributed by atoms with Gasteiger partial charge >= 0.3 is 0 Å². The van der Waals surface area contributed by atoms with Gasteiger partial charge in [0, 0.05) is 12.4 Å². The standard InChI is InChI=1S/C10H11N3/c1-7-5-8(11)10(13-6-7)9-3-2-4-12-9/h2-6,12H,11H2,1H3. The second-order valence-corrected chi connectivity index (χ2v) is 3.03. The highest BCUT2D eigenvalue weighted by Gasteiger charge is 2.03. The summed E-state index contributed by atoms with van der Waals surface area (Å²) in [6.07, 6.45) is 3.67. The quantitative estimate of drug-likeness (QED) is 0.692. The second-order valence-electron chi connectivity index (χ2n) is 3.03. The maximum Gasteiger partial charge on any atom is 0.109 e. The first-order valence-electron chi connectivity index (χ1n) is 4.13. The average Bonchev–Trinajstić information content (AvgIpc) is 2.56. The van der Waals surface area contributed by atoms with Crippen LogP contribution in [0.2, 0.25) is 0 Å². The summed E-state index contributed by atoms with van der Waals surface area (Å²) in [6, 6.07) is 5.80. The van der Waals surface area contributed by atoms with Gasteiger partial charge in [0.05, 0.1) is 11.4 Å². The van der Waals surface area contributed by atoms with Gasteiger partial charge < -0.3 is 10.7 Å². The fourth-order valence-corrected chi connectivity index (χ4v) is 1.29. The van der Waals surface area contributed by atoms with Crippen molar-refractivity contribution < 1.29 is 0 Å². The van der Waals surface area contributed by atoms with E-state index in [0.29, 0.717) is 5.69 Å². The number of nitrogens with zero attached hydrogens (tertiary/aromatic N) is 1. The lowest BCUT2D eigenvalue weighted by molar-refractivity contribution is 1.25. The Kier molecular flexibility index (Phi) is 1.77. The number of anilines is 1. The topological polar surface area (TPSA) is 54.7 Å². The van der Waals surface area contributed by atoms with E-state index in [1.54, 1.807) is 0 Å². The minimum atomic E-state index is 0.711. The number of H-pyrrole nitrogens is 1. The number of aromatic amines is 1. The van der Waals surface area contributed by atoms with Crippen molar-refractivity contribution in [2.45, 2.75) is 6.92 Å². The number of aromatic nitrogens is 2. The van der Waals surface area contributed by atoms with Crippen molar-refractivity contribution in [1.82, 2.24) is 9.97 Å². The molecule has 0 aliphatic carbocycles. The molecule has 0 radical (unpaired) electrons. The molecule has 0 amide bonds. The molecule has 3 nitrogen and oxygen atoms in total. The van der Waals surface area contributed by atoms with Gasteiger partial charge in [-0.25, -0.2) is 0 Å². The molecule has 3 N–H and O–H groups in total. The summed E-state index contributed by atoms with van der Waals surface area (Å²) < 4.78 is 0. The van der Waals surface area contributed by atoms with E-state index < -0.39 is 0 Å². The molecule has 2 rings (SSSR count). The van der Waals surface area contributed by atoms with Crippen LogP contribution in [0.4, 0.5) is 5.69 Å². The molecule has 0 saturated heterocycles. The van der Waals surface area contributed by atoms with E-state index in [1.165, 1.54) is 0 Å². The molecule has 0 aromatic carbocycles. The molecule has 0 spiro atoms. The zero-order valence-electron chi connectivity index (χ0n) is 7.41. The minimum Gasteiger partial charge on any atom is -0.397 e. The Labute approximate surface area is 76.6 Å². The molecule has 0 bridgehead atoms. The maximum absolute atomic E-state index is 5.83. The normalized spacial score (nSPS) is 10.2. The van der Waals surface area contributed by atoms with Crippen molar-refractivity contribution >= 4 is 5.69 Å². The van der Waals surface area contributed by atoms with E-state index in [9.17, 15) is 0 Å². The summed E-state index contributed by atoms with van der Waals surface area (Å²) in [6.45, 7) is 1.97. The summed E-state index contributed by atoms with van der Waals surface area (Å²) in [5, 5.41) is 0. The van der Waals surface area contributed by atoms with Crippen molar-refractivity contribution in [3.8, 4) is 11.4 Å². The van der Waals surface area contributed by atoms with Crippen LogP contribution in [0.15, 0.2) is 30.6 Å². The Morgan fingerprint density at radius 1 is 1.46 bits per heavy atom. The van der Waals surface area contributed by atoms with Crippen LogP contribution in [-0.2, 0) is 0 Å². The smallest absolute Gasteiger partial charge is 0.109 e. The van der Waals surface area contributed by atoms with E-state index >= 15 is 0 Å². The van der Waals surface area contributed by atoms with Gasteiger partial charge in [-0.05, 0) is 30.7 Å². The molecule has 3 heteroatoms. The number of hydrogen-bond donors (Lipinski definition) is 2. The van der Waals surface area contributed by atoms with Gasteiger partial charge in [-0.1, -0.05) is 0 Å². The van der Waals surface area contributed by atoms with Gasteiger partial charge in [0.1, 0.15) is 5.69 Å². The van der Waals surface area contributed by atoms with Crippen LogP contribution in [-0.4, -0.2) is 9.97 Å². The molecule has 0 saturated carbocycles. The van der Waals surface area contributed by atoms with Crippen molar-refractivity contribution in [3.63, 3.8) is 0 Å². The highest BCUT2D eigenvalue weighted by Crippen LogP contribution is 2.21. The third-order valence-electron chi connectivity index (χ3n) is 1.91. The predicted octanol–water partition coefficient (Wildman–Crippen LogP) is 1.97. The van der Waals surface area contributed by atoms with Gasteiger partial charge in [-0.15, -0.1) is 0 Å². The molecule has 66 valence electrons. The molecule has 0 aliphatic rings. The number of nitrogen functional groups attached to an aromatic ring is 1. The number of rotatable bonds is 1. The van der Waals surface area contributed by atoms with Gasteiger partial charge in [0.2, 0.25) is 0 Å². The molecule has 2 aromatic rings. The number of nitrogens with two attached hydrogens (primary N) is 1. The van der Waals surface area contributed by atoms with Crippen LogP contribution in [0.25, 0.3) is 11.4 Å². The molecule has 13 heavy (non-hydrogen) atoms. The highest BCUT2D eigenvalue weighted by molar-refractivity contribution is 5.69. The summed E-state index contributed by atoms with van der Waals surface area (Å²) in [5.41, 5.74) is 9.39. The molecule has 0 unspecified atom stereocenters. The molecule has 2 aromatic heterocycles. The second kappa shape index (κ2) is 2.94. The molecule has 0 fully saturated rings. The highest BCUT2D eigenvalue weighted by atomic mass is 14.8. The van der Waals surface area contributed by atoms with Crippen LogP contribution in [0, 0.1) is 6.92 Å². The van der Waals surface area contributed by atoms with E-state index in [4.69, 9.17) is 5.73 Å². The maximum atomic E-state index is 5.83. The van der Waals surface area contributed by atoms with E-state index in [2.05, 4.69) is 9.97 Å². The molecule has 0 aliphatic heterocycles. The Morgan fingerprint density at radius 2 is 2.31 bits per heavy atom. The largest absolute Gasteiger partial charge is 0.397 e. The van der Waals surface area contributed by atoms with Gasteiger partial charge in [-0.3, -0.25) is 4.98 Å². The number of aryl methyl sites for hydroxylation is 1. The monoisotopic (exact) mass is 173 g/mol. The van der Waals surface area contributed by atoms with Crippen LogP contribution < -0.4 is 5.73 Å². The number of pyridine rings is 1. The van der Waals surface area contributed by atoms with Crippen LogP contribution >= 0.6 is 0 Å². The third-order valence-corrected chi connectivity index (χ3v) is 1.91. The fourth-order valence-electron chi connectivity index (χ4n) is 1.29. The van der Waals surface area contributed by atoms with Gasteiger partial charge in [0.25, 0.3) is 0 Å².